The van der Waals surface area contributed by atoms with E-state index < -0.39 is 5.91 Å². The topological polar surface area (TPSA) is 85.1 Å². The molecule has 0 saturated carbocycles. The van der Waals surface area contributed by atoms with Gasteiger partial charge in [0.1, 0.15) is 0 Å². The van der Waals surface area contributed by atoms with E-state index >= 15 is 0 Å². The summed E-state index contributed by atoms with van der Waals surface area (Å²) in [4.78, 5) is 30.4. The molecule has 34 heavy (non-hydrogen) atoms. The van der Waals surface area contributed by atoms with Gasteiger partial charge in [0, 0.05) is 36.2 Å². The molecular formula is C27H31N3O4. The van der Waals surface area contributed by atoms with E-state index in [1.54, 1.807) is 12.1 Å². The van der Waals surface area contributed by atoms with Crippen LogP contribution in [-0.2, 0) is 11.3 Å². The highest BCUT2D eigenvalue weighted by molar-refractivity contribution is 5.92. The molecule has 3 fully saturated rings. The summed E-state index contributed by atoms with van der Waals surface area (Å²) in [5, 5.41) is 0. The lowest BCUT2D eigenvalue weighted by Gasteiger charge is -2.35. The molecule has 2 N–H and O–H groups in total. The number of carbonyl (C=O) groups excluding carboxylic acids is 2. The Morgan fingerprint density at radius 2 is 1.88 bits per heavy atom. The monoisotopic (exact) mass is 461 g/mol. The van der Waals surface area contributed by atoms with Crippen LogP contribution in [0.5, 0.6) is 11.5 Å². The van der Waals surface area contributed by atoms with E-state index in [0.29, 0.717) is 30.0 Å². The van der Waals surface area contributed by atoms with Crippen molar-refractivity contribution in [2.24, 2.45) is 23.5 Å². The van der Waals surface area contributed by atoms with E-state index in [0.717, 1.165) is 42.0 Å². The Hall–Kier alpha value is -3.06. The lowest BCUT2D eigenvalue weighted by molar-refractivity contribution is -0.134. The average Bonchev–Trinajstić information content (AvgIpc) is 3.57. The molecule has 178 valence electrons. The van der Waals surface area contributed by atoms with Crippen LogP contribution in [-0.4, -0.2) is 47.0 Å². The van der Waals surface area contributed by atoms with Crippen molar-refractivity contribution in [1.29, 1.82) is 0 Å². The number of hydrogen-bond acceptors (Lipinski definition) is 5. The van der Waals surface area contributed by atoms with Crippen molar-refractivity contribution in [2.45, 2.75) is 51.4 Å². The van der Waals surface area contributed by atoms with Crippen LogP contribution in [0.2, 0.25) is 0 Å². The third kappa shape index (κ3) is 3.21. The first-order chi connectivity index (χ1) is 16.4. The highest BCUT2D eigenvalue weighted by Crippen LogP contribution is 2.56. The normalized spacial score (nSPS) is 29.7. The number of nitrogens with zero attached hydrogens (tertiary/aromatic N) is 2. The number of primary amides is 1. The maximum Gasteiger partial charge on any atom is 0.248 e. The first-order valence-electron chi connectivity index (χ1n) is 12.3. The van der Waals surface area contributed by atoms with Crippen molar-refractivity contribution >= 4 is 11.8 Å². The quantitative estimate of drug-likeness (QED) is 0.738. The summed E-state index contributed by atoms with van der Waals surface area (Å²) in [6, 6.07) is 14.2. The fraction of sp³-hybridized carbons (Fsp3) is 0.481. The molecule has 0 spiro atoms. The van der Waals surface area contributed by atoms with E-state index in [-0.39, 0.29) is 30.7 Å². The van der Waals surface area contributed by atoms with Gasteiger partial charge in [-0.05, 0) is 60.7 Å². The highest BCUT2D eigenvalue weighted by atomic mass is 16.7. The molecule has 0 aliphatic carbocycles. The molecule has 2 aromatic rings. The largest absolute Gasteiger partial charge is 0.454 e. The molecule has 5 atom stereocenters. The van der Waals surface area contributed by atoms with E-state index in [1.165, 1.54) is 0 Å². The van der Waals surface area contributed by atoms with Crippen LogP contribution in [0.15, 0.2) is 42.5 Å². The first kappa shape index (κ1) is 21.5. The lowest BCUT2D eigenvalue weighted by Crippen LogP contribution is -2.44. The van der Waals surface area contributed by atoms with Gasteiger partial charge < -0.3 is 20.1 Å². The van der Waals surface area contributed by atoms with Crippen molar-refractivity contribution in [3.05, 3.63) is 59.2 Å². The zero-order valence-electron chi connectivity index (χ0n) is 19.6. The maximum atomic E-state index is 14.1. The average molecular weight is 462 g/mol. The minimum Gasteiger partial charge on any atom is -0.454 e. The smallest absolute Gasteiger partial charge is 0.248 e. The number of nitrogens with two attached hydrogens (primary N) is 1. The SMILES string of the molecule is CC(C)[C@@H]1[C@@H]2[C@H](C(=O)N1Cc1ccc3c(c1)OCO3)[C@H](c1ccc(C(N)=O)cc1)N1CCC[C@@H]21. The third-order valence-corrected chi connectivity index (χ3v) is 8.23. The van der Waals surface area contributed by atoms with Crippen LogP contribution in [0.3, 0.4) is 0 Å². The predicted molar refractivity (Wildman–Crippen MR) is 126 cm³/mol. The van der Waals surface area contributed by atoms with Gasteiger partial charge in [0.2, 0.25) is 18.6 Å². The Kier molecular flexibility index (Phi) is 5.06. The number of fused-ring (bicyclic) bond motifs is 4. The van der Waals surface area contributed by atoms with Gasteiger partial charge in [-0.3, -0.25) is 14.5 Å². The molecule has 0 bridgehead atoms. The summed E-state index contributed by atoms with van der Waals surface area (Å²) in [6.45, 7) is 6.31. The van der Waals surface area contributed by atoms with Gasteiger partial charge >= 0.3 is 0 Å². The Morgan fingerprint density at radius 1 is 1.12 bits per heavy atom. The Bertz CT molecular complexity index is 1130. The lowest BCUT2D eigenvalue weighted by atomic mass is 9.79. The third-order valence-electron chi connectivity index (χ3n) is 8.23. The number of hydrogen-bond donors (Lipinski definition) is 1. The minimum atomic E-state index is -0.429. The number of ether oxygens (including phenoxy) is 2. The molecule has 7 nitrogen and oxygen atoms in total. The summed E-state index contributed by atoms with van der Waals surface area (Å²) in [7, 11) is 0. The molecule has 6 rings (SSSR count). The summed E-state index contributed by atoms with van der Waals surface area (Å²) >= 11 is 0. The summed E-state index contributed by atoms with van der Waals surface area (Å²) < 4.78 is 11.0. The van der Waals surface area contributed by atoms with Gasteiger partial charge in [0.15, 0.2) is 11.5 Å². The summed E-state index contributed by atoms with van der Waals surface area (Å²) in [6.07, 6.45) is 2.29. The van der Waals surface area contributed by atoms with Gasteiger partial charge in [-0.25, -0.2) is 0 Å². The molecule has 3 saturated heterocycles. The maximum absolute atomic E-state index is 14.1. The van der Waals surface area contributed by atoms with Gasteiger partial charge in [-0.2, -0.15) is 0 Å². The van der Waals surface area contributed by atoms with E-state index in [4.69, 9.17) is 15.2 Å². The molecule has 4 heterocycles. The number of benzene rings is 2. The number of likely N-dealkylation sites (tertiary alicyclic amines) is 1. The molecular weight excluding hydrogens is 430 g/mol. The zero-order valence-corrected chi connectivity index (χ0v) is 19.6. The molecule has 0 aromatic heterocycles. The van der Waals surface area contributed by atoms with Crippen molar-refractivity contribution in [3.8, 4) is 11.5 Å². The number of carbonyl (C=O) groups is 2. The Labute approximate surface area is 199 Å². The van der Waals surface area contributed by atoms with E-state index in [9.17, 15) is 9.59 Å². The fourth-order valence-corrected chi connectivity index (χ4v) is 6.98. The zero-order chi connectivity index (χ0) is 23.6. The van der Waals surface area contributed by atoms with Crippen molar-refractivity contribution in [3.63, 3.8) is 0 Å². The fourth-order valence-electron chi connectivity index (χ4n) is 6.98. The predicted octanol–water partition coefficient (Wildman–Crippen LogP) is 3.33. The van der Waals surface area contributed by atoms with E-state index in [2.05, 4.69) is 23.6 Å². The molecule has 4 aliphatic heterocycles. The van der Waals surface area contributed by atoms with Crippen LogP contribution >= 0.6 is 0 Å². The second-order valence-electron chi connectivity index (χ2n) is 10.4. The van der Waals surface area contributed by atoms with Gasteiger partial charge in [0.05, 0.1) is 5.92 Å². The first-order valence-corrected chi connectivity index (χ1v) is 12.3. The molecule has 4 aliphatic rings. The number of amides is 2. The van der Waals surface area contributed by atoms with Gasteiger partial charge in [-0.1, -0.05) is 32.0 Å². The molecule has 7 heteroatoms. The van der Waals surface area contributed by atoms with Crippen LogP contribution in [0.25, 0.3) is 0 Å². The molecule has 0 radical (unpaired) electrons. The summed E-state index contributed by atoms with van der Waals surface area (Å²) in [5.74, 6) is 1.89. The van der Waals surface area contributed by atoms with Crippen LogP contribution in [0.1, 0.15) is 54.2 Å². The Balaban J connectivity index is 1.36. The molecule has 2 aromatic carbocycles. The second kappa shape index (κ2) is 8.01. The standard InChI is InChI=1S/C27H31N3O4/c1-15(2)24-22-19-4-3-11-29(19)25(17-6-8-18(9-7-17)26(28)31)23(22)27(32)30(24)13-16-5-10-20-21(12-16)34-14-33-20/h5-10,12,15,19,22-25H,3-4,11,13-14H2,1-2H3,(H2,28,31)/t19-,22-,23-,24+,25-/m0/s1. The van der Waals surface area contributed by atoms with Gasteiger partial charge in [0.25, 0.3) is 0 Å². The van der Waals surface area contributed by atoms with Crippen LogP contribution in [0.4, 0.5) is 0 Å². The van der Waals surface area contributed by atoms with Crippen LogP contribution in [0, 0.1) is 17.8 Å². The molecule has 0 unspecified atom stereocenters. The highest BCUT2D eigenvalue weighted by Gasteiger charge is 2.62. The Morgan fingerprint density at radius 3 is 2.62 bits per heavy atom. The van der Waals surface area contributed by atoms with E-state index in [1.807, 2.05) is 30.3 Å². The second-order valence-corrected chi connectivity index (χ2v) is 10.4. The molecule has 2 amide bonds. The van der Waals surface area contributed by atoms with Crippen molar-refractivity contribution < 1.29 is 19.1 Å². The van der Waals surface area contributed by atoms with Gasteiger partial charge in [-0.15, -0.1) is 0 Å². The van der Waals surface area contributed by atoms with Crippen molar-refractivity contribution in [2.75, 3.05) is 13.3 Å². The summed E-state index contributed by atoms with van der Waals surface area (Å²) in [5.41, 5.74) is 8.12. The minimum absolute atomic E-state index is 0.0370. The van der Waals surface area contributed by atoms with Crippen molar-refractivity contribution in [1.82, 2.24) is 9.80 Å². The van der Waals surface area contributed by atoms with Crippen LogP contribution < -0.4 is 15.2 Å². The number of rotatable bonds is 5.